The van der Waals surface area contributed by atoms with Crippen LogP contribution in [0.1, 0.15) is 36.0 Å². The van der Waals surface area contributed by atoms with Gasteiger partial charge in [0.2, 0.25) is 0 Å². The number of hydrogen-bond acceptors (Lipinski definition) is 2. The number of aryl methyl sites for hydroxylation is 2. The van der Waals surface area contributed by atoms with Crippen LogP contribution in [0.3, 0.4) is 0 Å². The Kier molecular flexibility index (Phi) is 3.90. The van der Waals surface area contributed by atoms with E-state index >= 15 is 0 Å². The van der Waals surface area contributed by atoms with Crippen LogP contribution in [-0.4, -0.2) is 17.7 Å². The van der Waals surface area contributed by atoms with Gasteiger partial charge in [0.1, 0.15) is 5.75 Å². The van der Waals surface area contributed by atoms with E-state index in [1.807, 2.05) is 26.0 Å². The van der Waals surface area contributed by atoms with Crippen molar-refractivity contribution in [2.45, 2.75) is 39.5 Å². The van der Waals surface area contributed by atoms with Gasteiger partial charge in [0.05, 0.1) is 13.0 Å². The van der Waals surface area contributed by atoms with E-state index in [0.29, 0.717) is 5.92 Å². The molecule has 3 heteroatoms. The van der Waals surface area contributed by atoms with E-state index in [0.717, 1.165) is 29.0 Å². The average molecular weight is 248 g/mol. The minimum Gasteiger partial charge on any atom is -0.493 e. The Balaban J connectivity index is 2.13. The van der Waals surface area contributed by atoms with Crippen molar-refractivity contribution in [3.63, 3.8) is 0 Å². The van der Waals surface area contributed by atoms with Crippen LogP contribution in [0, 0.1) is 19.8 Å². The van der Waals surface area contributed by atoms with E-state index in [9.17, 15) is 4.79 Å². The smallest absolute Gasteiger partial charge is 0.307 e. The van der Waals surface area contributed by atoms with Crippen LogP contribution in [0.15, 0.2) is 12.1 Å². The normalized spacial score (nSPS) is 15.2. The maximum Gasteiger partial charge on any atom is 0.307 e. The Morgan fingerprint density at radius 2 is 2.00 bits per heavy atom. The first-order valence-corrected chi connectivity index (χ1v) is 6.51. The molecule has 0 unspecified atom stereocenters. The number of carboxylic acids is 1. The summed E-state index contributed by atoms with van der Waals surface area (Å²) >= 11 is 0. The van der Waals surface area contributed by atoms with Crippen LogP contribution in [-0.2, 0) is 11.2 Å². The molecule has 0 aliphatic heterocycles. The highest BCUT2D eigenvalue weighted by Gasteiger charge is 2.19. The van der Waals surface area contributed by atoms with Crippen molar-refractivity contribution in [2.24, 2.45) is 5.92 Å². The summed E-state index contributed by atoms with van der Waals surface area (Å²) in [5, 5.41) is 8.93. The van der Waals surface area contributed by atoms with Gasteiger partial charge in [-0.1, -0.05) is 12.5 Å². The van der Waals surface area contributed by atoms with Crippen molar-refractivity contribution >= 4 is 5.97 Å². The van der Waals surface area contributed by atoms with Crippen LogP contribution in [0.2, 0.25) is 0 Å². The molecule has 3 nitrogen and oxygen atoms in total. The Labute approximate surface area is 108 Å². The zero-order valence-corrected chi connectivity index (χ0v) is 11.0. The van der Waals surface area contributed by atoms with Crippen LogP contribution in [0.25, 0.3) is 0 Å². The molecule has 1 fully saturated rings. The minimum absolute atomic E-state index is 0.0289. The number of rotatable bonds is 5. The largest absolute Gasteiger partial charge is 0.493 e. The number of carboxylic acid groups (broad SMARTS) is 1. The Hall–Kier alpha value is -1.51. The van der Waals surface area contributed by atoms with Gasteiger partial charge in [0, 0.05) is 5.56 Å². The van der Waals surface area contributed by atoms with Crippen molar-refractivity contribution in [1.29, 1.82) is 0 Å². The quantitative estimate of drug-likeness (QED) is 0.871. The zero-order chi connectivity index (χ0) is 13.1. The topological polar surface area (TPSA) is 46.5 Å². The first-order chi connectivity index (χ1) is 8.56. The van der Waals surface area contributed by atoms with Gasteiger partial charge in [-0.25, -0.2) is 0 Å². The standard InChI is InChI=1S/C15H20O3/c1-10-6-13(8-15(16)17)14(7-11(10)2)18-9-12-4-3-5-12/h6-7,12H,3-5,8-9H2,1-2H3,(H,16,17). The molecule has 98 valence electrons. The van der Waals surface area contributed by atoms with Gasteiger partial charge < -0.3 is 9.84 Å². The fraction of sp³-hybridized carbons (Fsp3) is 0.533. The van der Waals surface area contributed by atoms with Gasteiger partial charge in [-0.2, -0.15) is 0 Å². The van der Waals surface area contributed by atoms with Gasteiger partial charge in [0.15, 0.2) is 0 Å². The summed E-state index contributed by atoms with van der Waals surface area (Å²) in [5.41, 5.74) is 3.04. The van der Waals surface area contributed by atoms with E-state index in [1.165, 1.54) is 19.3 Å². The Morgan fingerprint density at radius 3 is 2.56 bits per heavy atom. The highest BCUT2D eigenvalue weighted by atomic mass is 16.5. The maximum atomic E-state index is 10.9. The number of hydrogen-bond donors (Lipinski definition) is 1. The average Bonchev–Trinajstić information content (AvgIpc) is 2.21. The molecule has 0 amide bonds. The lowest BCUT2D eigenvalue weighted by atomic mass is 9.86. The molecule has 0 heterocycles. The van der Waals surface area contributed by atoms with Gasteiger partial charge in [-0.05, 0) is 49.8 Å². The van der Waals surface area contributed by atoms with E-state index < -0.39 is 5.97 Å². The summed E-state index contributed by atoms with van der Waals surface area (Å²) in [5.74, 6) is 0.587. The second kappa shape index (κ2) is 5.42. The van der Waals surface area contributed by atoms with Gasteiger partial charge >= 0.3 is 5.97 Å². The molecule has 2 rings (SSSR count). The molecule has 1 aromatic carbocycles. The van der Waals surface area contributed by atoms with Crippen molar-refractivity contribution in [2.75, 3.05) is 6.61 Å². The Bertz CT molecular complexity index is 447. The summed E-state index contributed by atoms with van der Waals surface area (Å²) in [6.07, 6.45) is 3.79. The lowest BCUT2D eigenvalue weighted by Crippen LogP contribution is -2.20. The van der Waals surface area contributed by atoms with Crippen LogP contribution in [0.5, 0.6) is 5.75 Å². The van der Waals surface area contributed by atoms with Gasteiger partial charge in [-0.3, -0.25) is 4.79 Å². The molecule has 1 saturated carbocycles. The molecule has 0 aromatic heterocycles. The van der Waals surface area contributed by atoms with E-state index in [1.54, 1.807) is 0 Å². The van der Waals surface area contributed by atoms with Gasteiger partial charge in [0.25, 0.3) is 0 Å². The predicted molar refractivity (Wildman–Crippen MR) is 70.1 cm³/mol. The fourth-order valence-corrected chi connectivity index (χ4v) is 2.15. The second-order valence-corrected chi connectivity index (χ2v) is 5.22. The molecule has 1 aliphatic carbocycles. The van der Waals surface area contributed by atoms with Crippen molar-refractivity contribution in [3.05, 3.63) is 28.8 Å². The summed E-state index contributed by atoms with van der Waals surface area (Å²) in [6, 6.07) is 3.89. The predicted octanol–water partition coefficient (Wildman–Crippen LogP) is 3.11. The lowest BCUT2D eigenvalue weighted by molar-refractivity contribution is -0.136. The number of ether oxygens (including phenoxy) is 1. The number of benzene rings is 1. The van der Waals surface area contributed by atoms with Crippen molar-refractivity contribution in [3.8, 4) is 5.75 Å². The zero-order valence-electron chi connectivity index (χ0n) is 11.0. The van der Waals surface area contributed by atoms with E-state index in [4.69, 9.17) is 9.84 Å². The molecule has 0 radical (unpaired) electrons. The highest BCUT2D eigenvalue weighted by molar-refractivity contribution is 5.71. The van der Waals surface area contributed by atoms with E-state index in [2.05, 4.69) is 0 Å². The third-order valence-corrected chi connectivity index (χ3v) is 3.72. The summed E-state index contributed by atoms with van der Waals surface area (Å²) in [6.45, 7) is 4.74. The summed E-state index contributed by atoms with van der Waals surface area (Å²) < 4.78 is 5.81. The third kappa shape index (κ3) is 3.03. The molecular weight excluding hydrogens is 228 g/mol. The third-order valence-electron chi connectivity index (χ3n) is 3.72. The molecule has 18 heavy (non-hydrogen) atoms. The highest BCUT2D eigenvalue weighted by Crippen LogP contribution is 2.29. The molecule has 1 aromatic rings. The molecule has 1 aliphatic rings. The molecule has 0 spiro atoms. The fourth-order valence-electron chi connectivity index (χ4n) is 2.15. The minimum atomic E-state index is -0.813. The summed E-state index contributed by atoms with van der Waals surface area (Å²) in [7, 11) is 0. The molecular formula is C15H20O3. The van der Waals surface area contributed by atoms with Crippen molar-refractivity contribution < 1.29 is 14.6 Å². The van der Waals surface area contributed by atoms with E-state index in [-0.39, 0.29) is 6.42 Å². The number of carbonyl (C=O) groups is 1. The molecule has 0 atom stereocenters. The SMILES string of the molecule is Cc1cc(CC(=O)O)c(OCC2CCC2)cc1C. The Morgan fingerprint density at radius 1 is 1.33 bits per heavy atom. The van der Waals surface area contributed by atoms with Crippen LogP contribution >= 0.6 is 0 Å². The lowest BCUT2D eigenvalue weighted by Gasteiger charge is -2.26. The molecule has 0 saturated heterocycles. The first-order valence-electron chi connectivity index (χ1n) is 6.51. The monoisotopic (exact) mass is 248 g/mol. The molecule has 1 N–H and O–H groups in total. The summed E-state index contributed by atoms with van der Waals surface area (Å²) in [4.78, 5) is 10.9. The molecule has 0 bridgehead atoms. The second-order valence-electron chi connectivity index (χ2n) is 5.22. The van der Waals surface area contributed by atoms with Crippen molar-refractivity contribution in [1.82, 2.24) is 0 Å². The first kappa shape index (κ1) is 12.9. The van der Waals surface area contributed by atoms with Crippen LogP contribution < -0.4 is 4.74 Å². The van der Waals surface area contributed by atoms with Gasteiger partial charge in [-0.15, -0.1) is 0 Å². The number of aliphatic carboxylic acids is 1. The maximum absolute atomic E-state index is 10.9. The van der Waals surface area contributed by atoms with Crippen LogP contribution in [0.4, 0.5) is 0 Å².